The van der Waals surface area contributed by atoms with Gasteiger partial charge < -0.3 is 5.32 Å². The van der Waals surface area contributed by atoms with Gasteiger partial charge in [-0.25, -0.2) is 4.39 Å². The van der Waals surface area contributed by atoms with E-state index >= 15 is 0 Å². The Bertz CT molecular complexity index is 617. The Morgan fingerprint density at radius 2 is 1.65 bits per heavy atom. The van der Waals surface area contributed by atoms with Gasteiger partial charge in [0.2, 0.25) is 0 Å². The summed E-state index contributed by atoms with van der Waals surface area (Å²) in [5.74, 6) is -0.226. The zero-order chi connectivity index (χ0) is 14.9. The lowest BCUT2D eigenvalue weighted by molar-refractivity contribution is 0.618. The van der Waals surface area contributed by atoms with Gasteiger partial charge in [0.1, 0.15) is 5.82 Å². The fourth-order valence-corrected chi connectivity index (χ4v) is 2.98. The average Bonchev–Trinajstić information content (AvgIpc) is 2.37. The molecule has 2 aromatic carbocycles. The van der Waals surface area contributed by atoms with Crippen LogP contribution in [0, 0.1) is 19.7 Å². The zero-order valence-electron chi connectivity index (χ0n) is 11.6. The SMILES string of the molecule is CNC(c1cc(Cl)ccc1Cl)c1c(C)cc(F)cc1C. The van der Waals surface area contributed by atoms with Crippen molar-refractivity contribution in [1.29, 1.82) is 0 Å². The lowest BCUT2D eigenvalue weighted by Gasteiger charge is -2.23. The van der Waals surface area contributed by atoms with Gasteiger partial charge in [-0.05, 0) is 73.5 Å². The van der Waals surface area contributed by atoms with Crippen molar-refractivity contribution >= 4 is 23.2 Å². The summed E-state index contributed by atoms with van der Waals surface area (Å²) in [5.41, 5.74) is 3.69. The van der Waals surface area contributed by atoms with Crippen LogP contribution in [0.2, 0.25) is 10.0 Å². The van der Waals surface area contributed by atoms with Crippen molar-refractivity contribution in [2.24, 2.45) is 0 Å². The molecule has 0 radical (unpaired) electrons. The predicted octanol–water partition coefficient (Wildman–Crippen LogP) is 5.06. The molecule has 20 heavy (non-hydrogen) atoms. The summed E-state index contributed by atoms with van der Waals surface area (Å²) in [6, 6.07) is 8.31. The first-order valence-electron chi connectivity index (χ1n) is 6.33. The van der Waals surface area contributed by atoms with Crippen LogP contribution in [0.5, 0.6) is 0 Å². The number of nitrogens with one attached hydrogen (secondary N) is 1. The second-order valence-electron chi connectivity index (χ2n) is 4.84. The van der Waals surface area contributed by atoms with Gasteiger partial charge in [-0.3, -0.25) is 0 Å². The first-order valence-corrected chi connectivity index (χ1v) is 7.08. The Morgan fingerprint density at radius 3 is 2.20 bits per heavy atom. The molecule has 0 amide bonds. The van der Waals surface area contributed by atoms with Gasteiger partial charge in [0.15, 0.2) is 0 Å². The molecule has 0 aliphatic rings. The molecule has 0 saturated heterocycles. The normalized spacial score (nSPS) is 12.5. The Labute approximate surface area is 128 Å². The van der Waals surface area contributed by atoms with E-state index < -0.39 is 0 Å². The van der Waals surface area contributed by atoms with Gasteiger partial charge >= 0.3 is 0 Å². The molecule has 0 heterocycles. The Hall–Kier alpha value is -1.09. The van der Waals surface area contributed by atoms with Crippen LogP contribution in [-0.4, -0.2) is 7.05 Å². The molecule has 1 unspecified atom stereocenters. The van der Waals surface area contributed by atoms with E-state index in [0.717, 1.165) is 22.3 Å². The molecule has 1 N–H and O–H groups in total. The van der Waals surface area contributed by atoms with Crippen LogP contribution in [0.1, 0.15) is 28.3 Å². The number of halogens is 3. The predicted molar refractivity (Wildman–Crippen MR) is 83.2 cm³/mol. The van der Waals surface area contributed by atoms with E-state index in [1.807, 2.05) is 27.0 Å². The fraction of sp³-hybridized carbons (Fsp3) is 0.250. The van der Waals surface area contributed by atoms with Crippen LogP contribution >= 0.6 is 23.2 Å². The summed E-state index contributed by atoms with van der Waals surface area (Å²) in [4.78, 5) is 0. The maximum absolute atomic E-state index is 13.5. The second-order valence-corrected chi connectivity index (χ2v) is 5.68. The minimum absolute atomic E-state index is 0.123. The highest BCUT2D eigenvalue weighted by molar-refractivity contribution is 6.33. The molecular weight excluding hydrogens is 296 g/mol. The Morgan fingerprint density at radius 1 is 1.05 bits per heavy atom. The van der Waals surface area contributed by atoms with E-state index in [9.17, 15) is 4.39 Å². The van der Waals surface area contributed by atoms with Crippen molar-refractivity contribution < 1.29 is 4.39 Å². The van der Waals surface area contributed by atoms with Crippen LogP contribution in [0.3, 0.4) is 0 Å². The van der Waals surface area contributed by atoms with Gasteiger partial charge in [0.25, 0.3) is 0 Å². The van der Waals surface area contributed by atoms with Crippen LogP contribution < -0.4 is 5.32 Å². The molecule has 106 valence electrons. The lowest BCUT2D eigenvalue weighted by Crippen LogP contribution is -2.20. The van der Waals surface area contributed by atoms with Crippen molar-refractivity contribution in [2.45, 2.75) is 19.9 Å². The Kier molecular flexibility index (Phi) is 4.69. The van der Waals surface area contributed by atoms with Crippen molar-refractivity contribution in [3.63, 3.8) is 0 Å². The number of hydrogen-bond donors (Lipinski definition) is 1. The number of aryl methyl sites for hydroxylation is 2. The molecule has 0 aliphatic heterocycles. The highest BCUT2D eigenvalue weighted by Crippen LogP contribution is 2.33. The standard InChI is InChI=1S/C16H16Cl2FN/c1-9-6-12(19)7-10(2)15(9)16(20-3)13-8-11(17)4-5-14(13)18/h4-8,16,20H,1-3H3. The van der Waals surface area contributed by atoms with E-state index in [2.05, 4.69) is 5.32 Å². The van der Waals surface area contributed by atoms with Crippen molar-refractivity contribution in [3.8, 4) is 0 Å². The molecule has 2 rings (SSSR count). The largest absolute Gasteiger partial charge is 0.309 e. The monoisotopic (exact) mass is 311 g/mol. The molecule has 0 spiro atoms. The maximum Gasteiger partial charge on any atom is 0.123 e. The van der Waals surface area contributed by atoms with Crippen LogP contribution in [0.25, 0.3) is 0 Å². The smallest absolute Gasteiger partial charge is 0.123 e. The highest BCUT2D eigenvalue weighted by atomic mass is 35.5. The highest BCUT2D eigenvalue weighted by Gasteiger charge is 2.20. The van der Waals surface area contributed by atoms with Crippen molar-refractivity contribution in [3.05, 3.63) is 68.4 Å². The molecule has 0 fully saturated rings. The third kappa shape index (κ3) is 2.98. The molecule has 0 bridgehead atoms. The van der Waals surface area contributed by atoms with Crippen LogP contribution in [0.15, 0.2) is 30.3 Å². The topological polar surface area (TPSA) is 12.0 Å². The minimum Gasteiger partial charge on any atom is -0.309 e. The summed E-state index contributed by atoms with van der Waals surface area (Å²) < 4.78 is 13.5. The maximum atomic E-state index is 13.5. The van der Waals surface area contributed by atoms with Crippen LogP contribution in [-0.2, 0) is 0 Å². The second kappa shape index (κ2) is 6.13. The molecule has 1 nitrogen and oxygen atoms in total. The summed E-state index contributed by atoms with van der Waals surface area (Å²) in [6.07, 6.45) is 0. The van der Waals surface area contributed by atoms with Crippen molar-refractivity contribution in [1.82, 2.24) is 5.32 Å². The van der Waals surface area contributed by atoms with E-state index in [1.54, 1.807) is 12.1 Å². The quantitative estimate of drug-likeness (QED) is 0.835. The molecule has 0 aliphatic carbocycles. The van der Waals surface area contributed by atoms with Gasteiger partial charge in [0, 0.05) is 10.0 Å². The average molecular weight is 312 g/mol. The molecule has 4 heteroatoms. The third-order valence-electron chi connectivity index (χ3n) is 3.40. The fourth-order valence-electron chi connectivity index (χ4n) is 2.57. The first kappa shape index (κ1) is 15.3. The van der Waals surface area contributed by atoms with Crippen LogP contribution in [0.4, 0.5) is 4.39 Å². The van der Waals surface area contributed by atoms with E-state index in [1.165, 1.54) is 12.1 Å². The lowest BCUT2D eigenvalue weighted by atomic mass is 9.91. The molecule has 0 saturated carbocycles. The number of benzene rings is 2. The van der Waals surface area contributed by atoms with Gasteiger partial charge in [-0.1, -0.05) is 23.2 Å². The summed E-state index contributed by atoms with van der Waals surface area (Å²) in [6.45, 7) is 3.79. The molecule has 2 aromatic rings. The minimum atomic E-state index is -0.226. The summed E-state index contributed by atoms with van der Waals surface area (Å²) in [7, 11) is 1.85. The molecule has 0 aromatic heterocycles. The van der Waals surface area contributed by atoms with Gasteiger partial charge in [0.05, 0.1) is 6.04 Å². The number of hydrogen-bond acceptors (Lipinski definition) is 1. The summed E-state index contributed by atoms with van der Waals surface area (Å²) >= 11 is 12.3. The zero-order valence-corrected chi connectivity index (χ0v) is 13.1. The first-order chi connectivity index (χ1) is 9.43. The van der Waals surface area contributed by atoms with Gasteiger partial charge in [-0.2, -0.15) is 0 Å². The molecular formula is C16H16Cl2FN. The van der Waals surface area contributed by atoms with E-state index in [0.29, 0.717) is 10.0 Å². The van der Waals surface area contributed by atoms with Crippen molar-refractivity contribution in [2.75, 3.05) is 7.05 Å². The number of rotatable bonds is 3. The Balaban J connectivity index is 2.61. The molecule has 1 atom stereocenters. The van der Waals surface area contributed by atoms with Gasteiger partial charge in [-0.15, -0.1) is 0 Å². The van der Waals surface area contributed by atoms with E-state index in [-0.39, 0.29) is 11.9 Å². The summed E-state index contributed by atoms with van der Waals surface area (Å²) in [5, 5.41) is 4.50. The van der Waals surface area contributed by atoms with E-state index in [4.69, 9.17) is 23.2 Å². The third-order valence-corrected chi connectivity index (χ3v) is 3.98.